The third kappa shape index (κ3) is 12.0. The Balaban J connectivity index is 3.30. The van der Waals surface area contributed by atoms with Crippen molar-refractivity contribution in [3.05, 3.63) is 0 Å². The summed E-state index contributed by atoms with van der Waals surface area (Å²) in [5.41, 5.74) is 0. The molecule has 19 heavy (non-hydrogen) atoms. The van der Waals surface area contributed by atoms with E-state index in [-0.39, 0.29) is 6.09 Å². The summed E-state index contributed by atoms with van der Waals surface area (Å²) < 4.78 is 5.13. The highest BCUT2D eigenvalue weighted by molar-refractivity contribution is 5.66. The quantitative estimate of drug-likeness (QED) is 0.554. The third-order valence-electron chi connectivity index (χ3n) is 3.33. The SMILES string of the molecule is CCCCCCCCNC(=O)OCCN(CC)CC. The van der Waals surface area contributed by atoms with E-state index in [9.17, 15) is 4.79 Å². The first-order valence-corrected chi connectivity index (χ1v) is 7.87. The van der Waals surface area contributed by atoms with E-state index in [1.165, 1.54) is 32.1 Å². The standard InChI is InChI=1S/C15H32N2O2/c1-4-7-8-9-10-11-12-16-15(18)19-14-13-17(5-2)6-3/h4-14H2,1-3H3,(H,16,18). The molecule has 0 rings (SSSR count). The maximum absolute atomic E-state index is 11.4. The number of likely N-dealkylation sites (N-methyl/N-ethyl adjacent to an activating group) is 1. The maximum Gasteiger partial charge on any atom is 0.407 e. The van der Waals surface area contributed by atoms with Crippen molar-refractivity contribution in [3.8, 4) is 0 Å². The average molecular weight is 272 g/mol. The van der Waals surface area contributed by atoms with Crippen LogP contribution in [-0.4, -0.2) is 43.8 Å². The van der Waals surface area contributed by atoms with Crippen molar-refractivity contribution in [1.29, 1.82) is 0 Å². The van der Waals surface area contributed by atoms with E-state index in [0.29, 0.717) is 6.61 Å². The highest BCUT2D eigenvalue weighted by Gasteiger charge is 2.03. The molecule has 0 aromatic rings. The van der Waals surface area contributed by atoms with Crippen LogP contribution in [0, 0.1) is 0 Å². The monoisotopic (exact) mass is 272 g/mol. The third-order valence-corrected chi connectivity index (χ3v) is 3.33. The molecule has 1 N–H and O–H groups in total. The van der Waals surface area contributed by atoms with E-state index >= 15 is 0 Å². The Labute approximate surface area is 118 Å². The van der Waals surface area contributed by atoms with Gasteiger partial charge in [-0.15, -0.1) is 0 Å². The van der Waals surface area contributed by atoms with Crippen LogP contribution in [0.25, 0.3) is 0 Å². The van der Waals surface area contributed by atoms with Crippen LogP contribution in [0.4, 0.5) is 4.79 Å². The van der Waals surface area contributed by atoms with E-state index in [0.717, 1.165) is 32.6 Å². The lowest BCUT2D eigenvalue weighted by Crippen LogP contribution is -2.31. The topological polar surface area (TPSA) is 41.6 Å². The van der Waals surface area contributed by atoms with Crippen LogP contribution in [0.5, 0.6) is 0 Å². The van der Waals surface area contributed by atoms with E-state index in [1.807, 2.05) is 0 Å². The maximum atomic E-state index is 11.4. The Kier molecular flexibility index (Phi) is 13.1. The van der Waals surface area contributed by atoms with Crippen molar-refractivity contribution in [3.63, 3.8) is 0 Å². The normalized spacial score (nSPS) is 10.7. The van der Waals surface area contributed by atoms with Gasteiger partial charge < -0.3 is 15.0 Å². The molecule has 0 fully saturated rings. The van der Waals surface area contributed by atoms with Gasteiger partial charge >= 0.3 is 6.09 Å². The van der Waals surface area contributed by atoms with E-state index in [1.54, 1.807) is 0 Å². The fraction of sp³-hybridized carbons (Fsp3) is 0.933. The summed E-state index contributed by atoms with van der Waals surface area (Å²) in [7, 11) is 0. The number of rotatable bonds is 12. The van der Waals surface area contributed by atoms with Crippen LogP contribution >= 0.6 is 0 Å². The molecule has 0 heterocycles. The lowest BCUT2D eigenvalue weighted by atomic mass is 10.1. The number of nitrogens with zero attached hydrogens (tertiary/aromatic N) is 1. The number of ether oxygens (including phenoxy) is 1. The molecular formula is C15H32N2O2. The molecule has 4 heteroatoms. The fourth-order valence-corrected chi connectivity index (χ4v) is 1.95. The summed E-state index contributed by atoms with van der Waals surface area (Å²) in [6.07, 6.45) is 7.14. The molecule has 0 aromatic carbocycles. The van der Waals surface area contributed by atoms with Gasteiger partial charge in [-0.1, -0.05) is 52.9 Å². The highest BCUT2D eigenvalue weighted by Crippen LogP contribution is 2.04. The van der Waals surface area contributed by atoms with Crippen LogP contribution in [-0.2, 0) is 4.74 Å². The summed E-state index contributed by atoms with van der Waals surface area (Å²) >= 11 is 0. The van der Waals surface area contributed by atoms with Crippen LogP contribution in [0.2, 0.25) is 0 Å². The summed E-state index contributed by atoms with van der Waals surface area (Å²) in [4.78, 5) is 13.6. The highest BCUT2D eigenvalue weighted by atomic mass is 16.5. The van der Waals surface area contributed by atoms with Gasteiger partial charge in [-0.25, -0.2) is 4.79 Å². The van der Waals surface area contributed by atoms with Crippen molar-refractivity contribution in [2.45, 2.75) is 59.3 Å². The molecule has 0 saturated heterocycles. The minimum absolute atomic E-state index is 0.277. The van der Waals surface area contributed by atoms with Gasteiger partial charge in [0.05, 0.1) is 0 Å². The first-order valence-electron chi connectivity index (χ1n) is 7.87. The van der Waals surface area contributed by atoms with E-state index < -0.39 is 0 Å². The van der Waals surface area contributed by atoms with Crippen LogP contribution in [0.15, 0.2) is 0 Å². The van der Waals surface area contributed by atoms with E-state index in [4.69, 9.17) is 4.74 Å². The first kappa shape index (κ1) is 18.2. The van der Waals surface area contributed by atoms with Gasteiger partial charge in [0.25, 0.3) is 0 Å². The van der Waals surface area contributed by atoms with Gasteiger partial charge in [-0.3, -0.25) is 0 Å². The van der Waals surface area contributed by atoms with Crippen LogP contribution in [0.3, 0.4) is 0 Å². The van der Waals surface area contributed by atoms with Gasteiger partial charge in [0, 0.05) is 13.1 Å². The number of hydrogen-bond acceptors (Lipinski definition) is 3. The number of amides is 1. The second kappa shape index (κ2) is 13.7. The Morgan fingerprint density at radius 1 is 1.00 bits per heavy atom. The zero-order valence-electron chi connectivity index (χ0n) is 13.0. The Hall–Kier alpha value is -0.770. The second-order valence-corrected chi connectivity index (χ2v) is 4.86. The van der Waals surface area contributed by atoms with Crippen molar-refractivity contribution < 1.29 is 9.53 Å². The largest absolute Gasteiger partial charge is 0.448 e. The molecule has 0 aliphatic carbocycles. The van der Waals surface area contributed by atoms with Gasteiger partial charge in [0.15, 0.2) is 0 Å². The first-order chi connectivity index (χ1) is 9.24. The Morgan fingerprint density at radius 3 is 2.26 bits per heavy atom. The molecule has 0 unspecified atom stereocenters. The molecule has 0 aliphatic heterocycles. The van der Waals surface area contributed by atoms with E-state index in [2.05, 4.69) is 31.0 Å². The number of carbonyl (C=O) groups excluding carboxylic acids is 1. The molecule has 0 aliphatic rings. The minimum Gasteiger partial charge on any atom is -0.448 e. The number of carbonyl (C=O) groups is 1. The Morgan fingerprint density at radius 2 is 1.63 bits per heavy atom. The summed E-state index contributed by atoms with van der Waals surface area (Å²) in [6, 6.07) is 0. The number of unbranched alkanes of at least 4 members (excludes halogenated alkanes) is 5. The molecule has 0 aromatic heterocycles. The molecule has 114 valence electrons. The zero-order valence-corrected chi connectivity index (χ0v) is 13.0. The van der Waals surface area contributed by atoms with Crippen molar-refractivity contribution in [2.75, 3.05) is 32.8 Å². The molecule has 1 amide bonds. The molecule has 0 bridgehead atoms. The molecule has 0 radical (unpaired) electrons. The lowest BCUT2D eigenvalue weighted by Gasteiger charge is -2.17. The minimum atomic E-state index is -0.277. The molecular weight excluding hydrogens is 240 g/mol. The molecule has 0 atom stereocenters. The Bertz CT molecular complexity index is 206. The summed E-state index contributed by atoms with van der Waals surface area (Å²) in [5.74, 6) is 0. The second-order valence-electron chi connectivity index (χ2n) is 4.86. The molecule has 4 nitrogen and oxygen atoms in total. The van der Waals surface area contributed by atoms with Crippen LogP contribution < -0.4 is 5.32 Å². The zero-order chi connectivity index (χ0) is 14.3. The summed E-state index contributed by atoms with van der Waals surface area (Å²) in [5, 5.41) is 2.80. The molecule has 0 saturated carbocycles. The lowest BCUT2D eigenvalue weighted by molar-refractivity contribution is 0.129. The summed E-state index contributed by atoms with van der Waals surface area (Å²) in [6.45, 7) is 10.5. The van der Waals surface area contributed by atoms with Crippen molar-refractivity contribution in [1.82, 2.24) is 10.2 Å². The number of hydrogen-bond donors (Lipinski definition) is 1. The smallest absolute Gasteiger partial charge is 0.407 e. The van der Waals surface area contributed by atoms with Crippen molar-refractivity contribution >= 4 is 6.09 Å². The van der Waals surface area contributed by atoms with Gasteiger partial charge in [0.1, 0.15) is 6.61 Å². The van der Waals surface area contributed by atoms with Crippen LogP contribution in [0.1, 0.15) is 59.3 Å². The molecule has 0 spiro atoms. The average Bonchev–Trinajstić information content (AvgIpc) is 2.42. The van der Waals surface area contributed by atoms with Gasteiger partial charge in [-0.2, -0.15) is 0 Å². The van der Waals surface area contributed by atoms with Gasteiger partial charge in [-0.05, 0) is 19.5 Å². The number of alkyl carbamates (subject to hydrolysis) is 1. The predicted octanol–water partition coefficient (Wildman–Crippen LogP) is 3.41. The fourth-order valence-electron chi connectivity index (χ4n) is 1.95. The van der Waals surface area contributed by atoms with Crippen molar-refractivity contribution in [2.24, 2.45) is 0 Å². The predicted molar refractivity (Wildman–Crippen MR) is 80.5 cm³/mol. The van der Waals surface area contributed by atoms with Gasteiger partial charge in [0.2, 0.25) is 0 Å². The number of nitrogens with one attached hydrogen (secondary N) is 1.